The number of fused-ring (bicyclic) bond motifs is 2. The number of carbonyl (C=O) groups excluding carboxylic acids is 3. The molecule has 1 amide bonds. The van der Waals surface area contributed by atoms with Crippen LogP contribution in [0.2, 0.25) is 0 Å². The molecule has 1 unspecified atom stereocenters. The number of nitrogens with zero attached hydrogens (tertiary/aromatic N) is 1. The molecule has 0 saturated carbocycles. The van der Waals surface area contributed by atoms with Crippen LogP contribution in [0.3, 0.4) is 0 Å². The number of amides is 1. The molecule has 0 radical (unpaired) electrons. The molecular formula is C27H30N2O5. The van der Waals surface area contributed by atoms with Gasteiger partial charge in [-0.3, -0.25) is 9.59 Å². The highest BCUT2D eigenvalue weighted by Crippen LogP contribution is 2.61. The zero-order valence-electron chi connectivity index (χ0n) is 20.5. The van der Waals surface area contributed by atoms with E-state index in [9.17, 15) is 14.4 Å². The largest absolute Gasteiger partial charge is 0.462 e. The van der Waals surface area contributed by atoms with Crippen molar-refractivity contribution in [2.24, 2.45) is 11.1 Å². The Bertz CT molecular complexity index is 1280. The Kier molecular flexibility index (Phi) is 4.51. The van der Waals surface area contributed by atoms with E-state index in [2.05, 4.69) is 0 Å². The van der Waals surface area contributed by atoms with E-state index in [4.69, 9.17) is 15.2 Å². The van der Waals surface area contributed by atoms with Crippen LogP contribution < -0.4 is 10.6 Å². The van der Waals surface area contributed by atoms with Crippen molar-refractivity contribution < 1.29 is 23.9 Å². The minimum Gasteiger partial charge on any atom is -0.462 e. The summed E-state index contributed by atoms with van der Waals surface area (Å²) in [7, 11) is 0. The first-order valence-electron chi connectivity index (χ1n) is 11.7. The van der Waals surface area contributed by atoms with Gasteiger partial charge in [-0.1, -0.05) is 38.1 Å². The molecule has 7 heteroatoms. The fourth-order valence-corrected chi connectivity index (χ4v) is 6.21. The molecule has 7 nitrogen and oxygen atoms in total. The average molecular weight is 463 g/mol. The molecule has 1 aromatic carbocycles. The molecule has 34 heavy (non-hydrogen) atoms. The van der Waals surface area contributed by atoms with Gasteiger partial charge in [-0.25, -0.2) is 4.79 Å². The van der Waals surface area contributed by atoms with Gasteiger partial charge in [0.1, 0.15) is 16.7 Å². The topological polar surface area (TPSA) is 98.9 Å². The van der Waals surface area contributed by atoms with Gasteiger partial charge in [-0.15, -0.1) is 0 Å². The highest BCUT2D eigenvalue weighted by Gasteiger charge is 2.66. The summed E-state index contributed by atoms with van der Waals surface area (Å²) in [6, 6.07) is 5.63. The number of hydrogen-bond donors (Lipinski definition) is 1. The molecule has 3 heterocycles. The van der Waals surface area contributed by atoms with Gasteiger partial charge in [-0.05, 0) is 38.7 Å². The predicted molar refractivity (Wildman–Crippen MR) is 127 cm³/mol. The molecule has 1 aliphatic carbocycles. The summed E-state index contributed by atoms with van der Waals surface area (Å²) in [4.78, 5) is 43.5. The number of hydrogen-bond acceptors (Lipinski definition) is 6. The number of ketones is 1. The SMILES string of the molecule is CCOC(=O)C1=C(N)OC2=C(C(=O)CC(C)(C)C2)C12C(=O)N1c3c(cccc32)C(C)=CC1(C)C. The Morgan fingerprint density at radius 3 is 2.56 bits per heavy atom. The van der Waals surface area contributed by atoms with E-state index >= 15 is 0 Å². The van der Waals surface area contributed by atoms with Crippen molar-refractivity contribution in [1.29, 1.82) is 0 Å². The maximum absolute atomic E-state index is 14.7. The van der Waals surface area contributed by atoms with Crippen LogP contribution in [0.15, 0.2) is 47.1 Å². The number of nitrogens with two attached hydrogens (primary N) is 1. The summed E-state index contributed by atoms with van der Waals surface area (Å²) in [5, 5.41) is 0. The smallest absolute Gasteiger partial charge is 0.341 e. The van der Waals surface area contributed by atoms with Crippen LogP contribution in [0.5, 0.6) is 0 Å². The molecule has 4 aliphatic rings. The monoisotopic (exact) mass is 462 g/mol. The van der Waals surface area contributed by atoms with E-state index in [0.717, 1.165) is 11.1 Å². The Balaban J connectivity index is 1.92. The van der Waals surface area contributed by atoms with Crippen LogP contribution in [-0.2, 0) is 29.3 Å². The predicted octanol–water partition coefficient (Wildman–Crippen LogP) is 3.87. The van der Waals surface area contributed by atoms with Crippen molar-refractivity contribution in [3.05, 3.63) is 58.2 Å². The van der Waals surface area contributed by atoms with Crippen molar-refractivity contribution in [3.63, 3.8) is 0 Å². The molecule has 5 rings (SSSR count). The van der Waals surface area contributed by atoms with Crippen molar-refractivity contribution >= 4 is 28.9 Å². The zero-order valence-corrected chi connectivity index (χ0v) is 20.5. The van der Waals surface area contributed by atoms with Gasteiger partial charge < -0.3 is 20.1 Å². The summed E-state index contributed by atoms with van der Waals surface area (Å²) in [6.07, 6.45) is 2.69. The highest BCUT2D eigenvalue weighted by molar-refractivity contribution is 6.25. The summed E-state index contributed by atoms with van der Waals surface area (Å²) < 4.78 is 11.3. The van der Waals surface area contributed by atoms with E-state index in [-0.39, 0.29) is 47.2 Å². The first-order chi connectivity index (χ1) is 15.9. The van der Waals surface area contributed by atoms with Crippen LogP contribution >= 0.6 is 0 Å². The number of allylic oxidation sites excluding steroid dienone is 2. The standard InChI is InChI=1S/C27H30N2O5/c1-7-33-23(31)20-22(28)34-18-13-25(3,4)12-17(30)19(18)27(20)16-10-8-9-15-14(2)11-26(5,6)29(21(15)16)24(27)32/h8-11H,7,12-13,28H2,1-6H3. The fourth-order valence-electron chi connectivity index (χ4n) is 6.21. The maximum atomic E-state index is 14.7. The van der Waals surface area contributed by atoms with Crippen LogP contribution in [-0.4, -0.2) is 29.8 Å². The Morgan fingerprint density at radius 2 is 1.88 bits per heavy atom. The number of ether oxygens (including phenoxy) is 2. The number of rotatable bonds is 2. The third-order valence-corrected chi connectivity index (χ3v) is 7.30. The van der Waals surface area contributed by atoms with Crippen LogP contribution in [0.1, 0.15) is 65.5 Å². The number of benzene rings is 1. The molecule has 1 atom stereocenters. The zero-order chi connectivity index (χ0) is 24.8. The van der Waals surface area contributed by atoms with Gasteiger partial charge in [0.2, 0.25) is 11.8 Å². The van der Waals surface area contributed by atoms with Crippen LogP contribution in [0.25, 0.3) is 5.57 Å². The molecule has 178 valence electrons. The van der Waals surface area contributed by atoms with Crippen molar-refractivity contribution in [3.8, 4) is 0 Å². The normalized spacial score (nSPS) is 26.3. The van der Waals surface area contributed by atoms with E-state index < -0.39 is 16.9 Å². The van der Waals surface area contributed by atoms with E-state index in [1.54, 1.807) is 11.8 Å². The number of carbonyl (C=O) groups is 3. The Labute approximate surface area is 199 Å². The molecule has 1 aromatic rings. The van der Waals surface area contributed by atoms with Crippen LogP contribution in [0.4, 0.5) is 5.69 Å². The van der Waals surface area contributed by atoms with Crippen LogP contribution in [0, 0.1) is 5.41 Å². The lowest BCUT2D eigenvalue weighted by atomic mass is 9.61. The molecule has 3 aliphatic heterocycles. The maximum Gasteiger partial charge on any atom is 0.341 e. The highest BCUT2D eigenvalue weighted by atomic mass is 16.5. The van der Waals surface area contributed by atoms with Crippen molar-refractivity contribution in [2.75, 3.05) is 11.5 Å². The first kappa shape index (κ1) is 22.4. The Morgan fingerprint density at radius 1 is 1.18 bits per heavy atom. The molecule has 0 saturated heterocycles. The second-order valence-electron chi connectivity index (χ2n) is 10.9. The summed E-state index contributed by atoms with van der Waals surface area (Å²) in [5.41, 5.74) is 6.93. The quantitative estimate of drug-likeness (QED) is 0.670. The van der Waals surface area contributed by atoms with Gasteiger partial charge in [0.05, 0.1) is 23.4 Å². The summed E-state index contributed by atoms with van der Waals surface area (Å²) in [6.45, 7) is 11.6. The van der Waals surface area contributed by atoms with Gasteiger partial charge in [0.25, 0.3) is 0 Å². The van der Waals surface area contributed by atoms with Gasteiger partial charge in [-0.2, -0.15) is 0 Å². The van der Waals surface area contributed by atoms with E-state index in [1.165, 1.54) is 0 Å². The number of para-hydroxylation sites is 1. The molecule has 0 fully saturated rings. The molecular weight excluding hydrogens is 432 g/mol. The second kappa shape index (κ2) is 6.84. The lowest BCUT2D eigenvalue weighted by molar-refractivity contribution is -0.141. The summed E-state index contributed by atoms with van der Waals surface area (Å²) >= 11 is 0. The van der Waals surface area contributed by atoms with E-state index in [1.807, 2.05) is 58.9 Å². The van der Waals surface area contributed by atoms with E-state index in [0.29, 0.717) is 23.4 Å². The molecule has 0 bridgehead atoms. The number of anilines is 1. The van der Waals surface area contributed by atoms with Gasteiger partial charge >= 0.3 is 5.97 Å². The number of esters is 1. The van der Waals surface area contributed by atoms with Crippen molar-refractivity contribution in [2.45, 2.75) is 65.3 Å². The third-order valence-electron chi connectivity index (χ3n) is 7.30. The first-order valence-corrected chi connectivity index (χ1v) is 11.7. The lowest BCUT2D eigenvalue weighted by Crippen LogP contribution is -2.56. The minimum atomic E-state index is -1.71. The van der Waals surface area contributed by atoms with Gasteiger partial charge in [0.15, 0.2) is 5.78 Å². The summed E-state index contributed by atoms with van der Waals surface area (Å²) in [5.74, 6) is -1.17. The molecule has 0 aromatic heterocycles. The third kappa shape index (κ3) is 2.67. The molecule has 2 N–H and O–H groups in total. The van der Waals surface area contributed by atoms with Gasteiger partial charge in [0, 0.05) is 24.0 Å². The fraction of sp³-hybridized carbons (Fsp3) is 0.444. The minimum absolute atomic E-state index is 0.0928. The Hall–Kier alpha value is -3.35. The van der Waals surface area contributed by atoms with Crippen molar-refractivity contribution in [1.82, 2.24) is 0 Å². The molecule has 1 spiro atoms. The number of Topliss-reactive ketones (excluding diaryl/α,β-unsaturated/α-hetero) is 1. The average Bonchev–Trinajstić information content (AvgIpc) is 2.95. The lowest BCUT2D eigenvalue weighted by Gasteiger charge is -2.43. The second-order valence-corrected chi connectivity index (χ2v) is 10.9.